The Kier molecular flexibility index (Phi) is 5.14. The molecule has 0 radical (unpaired) electrons. The largest absolute Gasteiger partial charge is 0.493 e. The second-order valence-electron chi connectivity index (χ2n) is 7.54. The summed E-state index contributed by atoms with van der Waals surface area (Å²) in [4.78, 5) is 6.96. The van der Waals surface area contributed by atoms with E-state index in [0.717, 1.165) is 18.7 Å². The first-order valence-corrected chi connectivity index (χ1v) is 10.2. The summed E-state index contributed by atoms with van der Waals surface area (Å²) in [7, 11) is 3.22. The van der Waals surface area contributed by atoms with Crippen LogP contribution in [-0.4, -0.2) is 29.3 Å². The van der Waals surface area contributed by atoms with Crippen LogP contribution in [0, 0.1) is 0 Å². The van der Waals surface area contributed by atoms with Crippen LogP contribution in [0.2, 0.25) is 0 Å². The van der Waals surface area contributed by atoms with E-state index in [9.17, 15) is 0 Å². The van der Waals surface area contributed by atoms with Gasteiger partial charge in [0.05, 0.1) is 20.8 Å². The van der Waals surface area contributed by atoms with Gasteiger partial charge in [0.15, 0.2) is 11.5 Å². The standard InChI is InChI=1S/C25H23N3O3/c1-29-22-12-11-17(13-23(22)30-2)25-26-24(31-27-25)16-28-14-18-7-3-5-9-20(18)21-10-6-4-8-19(21)15-28/h3-13H,14-16H2,1-2H3. The molecule has 0 spiro atoms. The highest BCUT2D eigenvalue weighted by molar-refractivity contribution is 5.71. The zero-order valence-electron chi connectivity index (χ0n) is 17.5. The Morgan fingerprint density at radius 1 is 0.839 bits per heavy atom. The van der Waals surface area contributed by atoms with Crippen LogP contribution in [-0.2, 0) is 19.6 Å². The molecule has 3 aromatic carbocycles. The predicted octanol–water partition coefficient (Wildman–Crippen LogP) is 4.94. The van der Waals surface area contributed by atoms with Crippen molar-refractivity contribution in [2.45, 2.75) is 19.6 Å². The molecule has 156 valence electrons. The van der Waals surface area contributed by atoms with Gasteiger partial charge in [-0.2, -0.15) is 4.98 Å². The van der Waals surface area contributed by atoms with Crippen molar-refractivity contribution >= 4 is 0 Å². The highest BCUT2D eigenvalue weighted by atomic mass is 16.5. The van der Waals surface area contributed by atoms with Crippen LogP contribution in [0.1, 0.15) is 17.0 Å². The molecule has 0 bridgehead atoms. The van der Waals surface area contributed by atoms with Crippen molar-refractivity contribution in [3.8, 4) is 34.0 Å². The minimum absolute atomic E-state index is 0.534. The minimum atomic E-state index is 0.534. The number of aromatic nitrogens is 2. The molecule has 6 heteroatoms. The van der Waals surface area contributed by atoms with Crippen molar-refractivity contribution in [1.82, 2.24) is 15.0 Å². The van der Waals surface area contributed by atoms with E-state index in [2.05, 4.69) is 63.6 Å². The maximum absolute atomic E-state index is 5.59. The van der Waals surface area contributed by atoms with Crippen molar-refractivity contribution in [3.63, 3.8) is 0 Å². The molecule has 0 saturated carbocycles. The molecule has 1 aromatic heterocycles. The Balaban J connectivity index is 1.41. The Hall–Kier alpha value is -3.64. The third kappa shape index (κ3) is 3.78. The second-order valence-corrected chi connectivity index (χ2v) is 7.54. The van der Waals surface area contributed by atoms with Gasteiger partial charge in [0.2, 0.25) is 11.7 Å². The average Bonchev–Trinajstić information content (AvgIpc) is 3.21. The zero-order valence-corrected chi connectivity index (χ0v) is 17.5. The van der Waals surface area contributed by atoms with Crippen LogP contribution in [0.15, 0.2) is 71.3 Å². The van der Waals surface area contributed by atoms with Gasteiger partial charge in [0, 0.05) is 18.7 Å². The van der Waals surface area contributed by atoms with Crippen LogP contribution >= 0.6 is 0 Å². The first-order valence-electron chi connectivity index (χ1n) is 10.2. The van der Waals surface area contributed by atoms with Crippen LogP contribution < -0.4 is 9.47 Å². The molecule has 0 amide bonds. The molecule has 31 heavy (non-hydrogen) atoms. The monoisotopic (exact) mass is 413 g/mol. The Labute approximate surface area is 181 Å². The number of ether oxygens (including phenoxy) is 2. The molecule has 0 aliphatic carbocycles. The van der Waals surface area contributed by atoms with Gasteiger partial charge in [-0.05, 0) is 40.5 Å². The third-order valence-corrected chi connectivity index (χ3v) is 5.58. The summed E-state index contributed by atoms with van der Waals surface area (Å²) in [6.07, 6.45) is 0. The molecule has 0 N–H and O–H groups in total. The van der Waals surface area contributed by atoms with Crippen LogP contribution in [0.5, 0.6) is 11.5 Å². The fraction of sp³-hybridized carbons (Fsp3) is 0.200. The van der Waals surface area contributed by atoms with Gasteiger partial charge in [-0.3, -0.25) is 4.90 Å². The van der Waals surface area contributed by atoms with Gasteiger partial charge in [0.1, 0.15) is 0 Å². The summed E-state index contributed by atoms with van der Waals surface area (Å²) in [5.74, 6) is 2.41. The first-order chi connectivity index (χ1) is 15.2. The van der Waals surface area contributed by atoms with Crippen LogP contribution in [0.4, 0.5) is 0 Å². The van der Waals surface area contributed by atoms with Gasteiger partial charge in [-0.15, -0.1) is 0 Å². The molecule has 0 unspecified atom stereocenters. The first kappa shape index (κ1) is 19.3. The van der Waals surface area contributed by atoms with Crippen LogP contribution in [0.25, 0.3) is 22.5 Å². The van der Waals surface area contributed by atoms with E-state index in [1.807, 2.05) is 18.2 Å². The summed E-state index contributed by atoms with van der Waals surface area (Å²) < 4.78 is 16.3. The number of fused-ring (bicyclic) bond motifs is 3. The fourth-order valence-corrected chi connectivity index (χ4v) is 4.09. The molecule has 1 aliphatic rings. The van der Waals surface area contributed by atoms with Crippen LogP contribution in [0.3, 0.4) is 0 Å². The van der Waals surface area contributed by atoms with Gasteiger partial charge in [0.25, 0.3) is 0 Å². The van der Waals surface area contributed by atoms with E-state index in [1.165, 1.54) is 22.3 Å². The predicted molar refractivity (Wildman–Crippen MR) is 118 cm³/mol. The summed E-state index contributed by atoms with van der Waals surface area (Å²) in [6, 6.07) is 22.7. The van der Waals surface area contributed by atoms with Gasteiger partial charge < -0.3 is 14.0 Å². The Bertz CT molecular complexity index is 1170. The van der Waals surface area contributed by atoms with E-state index in [-0.39, 0.29) is 0 Å². The van der Waals surface area contributed by atoms with Crippen molar-refractivity contribution in [1.29, 1.82) is 0 Å². The molecule has 0 atom stereocenters. The van der Waals surface area contributed by atoms with Gasteiger partial charge in [-0.25, -0.2) is 0 Å². The lowest BCUT2D eigenvalue weighted by Gasteiger charge is -2.18. The lowest BCUT2D eigenvalue weighted by Crippen LogP contribution is -2.21. The minimum Gasteiger partial charge on any atom is -0.493 e. The molecule has 0 fully saturated rings. The fourth-order valence-electron chi connectivity index (χ4n) is 4.09. The Morgan fingerprint density at radius 3 is 2.13 bits per heavy atom. The molecule has 1 aliphatic heterocycles. The average molecular weight is 413 g/mol. The maximum atomic E-state index is 5.59. The number of nitrogens with zero attached hydrogens (tertiary/aromatic N) is 3. The van der Waals surface area contributed by atoms with Gasteiger partial charge >= 0.3 is 0 Å². The van der Waals surface area contributed by atoms with Gasteiger partial charge in [-0.1, -0.05) is 53.7 Å². The molecular formula is C25H23N3O3. The topological polar surface area (TPSA) is 60.6 Å². The third-order valence-electron chi connectivity index (χ3n) is 5.58. The van der Waals surface area contributed by atoms with Crippen molar-refractivity contribution in [2.24, 2.45) is 0 Å². The van der Waals surface area contributed by atoms with E-state index in [1.54, 1.807) is 14.2 Å². The van der Waals surface area contributed by atoms with E-state index < -0.39 is 0 Å². The normalized spacial score (nSPS) is 13.2. The Morgan fingerprint density at radius 2 is 1.48 bits per heavy atom. The number of hydrogen-bond acceptors (Lipinski definition) is 6. The molecule has 5 rings (SSSR count). The molecule has 2 heterocycles. The highest BCUT2D eigenvalue weighted by Crippen LogP contribution is 2.34. The van der Waals surface area contributed by atoms with Crippen molar-refractivity contribution in [3.05, 3.63) is 83.7 Å². The summed E-state index contributed by atoms with van der Waals surface area (Å²) in [6.45, 7) is 2.21. The summed E-state index contributed by atoms with van der Waals surface area (Å²) >= 11 is 0. The van der Waals surface area contributed by atoms with Crippen molar-refractivity contribution in [2.75, 3.05) is 14.2 Å². The lowest BCUT2D eigenvalue weighted by atomic mass is 9.97. The second kappa shape index (κ2) is 8.24. The van der Waals surface area contributed by atoms with E-state index in [0.29, 0.717) is 29.8 Å². The summed E-state index contributed by atoms with van der Waals surface area (Å²) in [5, 5.41) is 4.19. The molecule has 0 saturated heterocycles. The van der Waals surface area contributed by atoms with E-state index in [4.69, 9.17) is 14.0 Å². The molecule has 4 aromatic rings. The number of benzene rings is 3. The summed E-state index contributed by atoms with van der Waals surface area (Å²) in [5.41, 5.74) is 5.99. The number of rotatable bonds is 5. The quantitative estimate of drug-likeness (QED) is 0.462. The zero-order chi connectivity index (χ0) is 21.2. The van der Waals surface area contributed by atoms with E-state index >= 15 is 0 Å². The molecular weight excluding hydrogens is 390 g/mol. The highest BCUT2D eigenvalue weighted by Gasteiger charge is 2.21. The number of hydrogen-bond donors (Lipinski definition) is 0. The smallest absolute Gasteiger partial charge is 0.241 e. The van der Waals surface area contributed by atoms with Crippen molar-refractivity contribution < 1.29 is 14.0 Å². The lowest BCUT2D eigenvalue weighted by molar-refractivity contribution is 0.213. The molecule has 6 nitrogen and oxygen atoms in total. The maximum Gasteiger partial charge on any atom is 0.241 e. The number of methoxy groups -OCH3 is 2. The SMILES string of the molecule is COc1ccc(-c2noc(CN3Cc4ccccc4-c4ccccc4C3)n2)cc1OC.